The van der Waals surface area contributed by atoms with E-state index in [4.69, 9.17) is 9.47 Å². The molecule has 1 atom stereocenters. The van der Waals surface area contributed by atoms with E-state index in [0.29, 0.717) is 6.54 Å². The first-order valence-electron chi connectivity index (χ1n) is 5.84. The van der Waals surface area contributed by atoms with Crippen LogP contribution >= 0.6 is 0 Å². The Balaban J connectivity index is 2.04. The Bertz CT molecular complexity index is 584. The molecule has 0 bridgehead atoms. The zero-order valence-corrected chi connectivity index (χ0v) is 10.0. The summed E-state index contributed by atoms with van der Waals surface area (Å²) in [6.07, 6.45) is 1.31. The van der Waals surface area contributed by atoms with Crippen molar-refractivity contribution in [1.29, 1.82) is 0 Å². The van der Waals surface area contributed by atoms with E-state index < -0.39 is 6.10 Å². The largest absolute Gasteiger partial charge is 0.454 e. The Kier molecular flexibility index (Phi) is 2.68. The maximum atomic E-state index is 9.31. The molecule has 0 radical (unpaired) electrons. The number of anilines is 1. The van der Waals surface area contributed by atoms with Crippen LogP contribution in [0.25, 0.3) is 10.8 Å². The number of nitrogens with one attached hydrogen (secondary N) is 1. The zero-order chi connectivity index (χ0) is 12.5. The Morgan fingerprint density at radius 1 is 1.39 bits per heavy atom. The average Bonchev–Trinajstić information content (AvgIpc) is 2.80. The van der Waals surface area contributed by atoms with Gasteiger partial charge in [0, 0.05) is 18.1 Å². The molecule has 1 aliphatic rings. The van der Waals surface area contributed by atoms with Crippen LogP contribution in [-0.4, -0.2) is 29.5 Å². The predicted molar refractivity (Wildman–Crippen MR) is 68.0 cm³/mol. The highest BCUT2D eigenvalue weighted by Crippen LogP contribution is 2.37. The maximum Gasteiger partial charge on any atom is 0.231 e. The van der Waals surface area contributed by atoms with E-state index in [0.717, 1.165) is 28.1 Å². The lowest BCUT2D eigenvalue weighted by molar-refractivity contribution is 0.174. The molecule has 0 aliphatic carbocycles. The van der Waals surface area contributed by atoms with E-state index in [9.17, 15) is 5.11 Å². The first kappa shape index (κ1) is 11.1. The van der Waals surface area contributed by atoms with Gasteiger partial charge in [0.1, 0.15) is 5.82 Å². The topological polar surface area (TPSA) is 63.6 Å². The molecule has 1 aliphatic heterocycles. The normalized spacial score (nSPS) is 14.8. The minimum absolute atomic E-state index is 0.259. The van der Waals surface area contributed by atoms with Crippen LogP contribution in [0.15, 0.2) is 24.4 Å². The molecule has 1 unspecified atom stereocenters. The molecule has 0 saturated carbocycles. The van der Waals surface area contributed by atoms with E-state index in [2.05, 4.69) is 10.3 Å². The fourth-order valence-corrected chi connectivity index (χ4v) is 1.95. The van der Waals surface area contributed by atoms with Crippen molar-refractivity contribution in [2.24, 2.45) is 0 Å². The number of benzene rings is 1. The number of hydrogen-bond donors (Lipinski definition) is 2. The monoisotopic (exact) mass is 246 g/mol. The Morgan fingerprint density at radius 2 is 2.17 bits per heavy atom. The van der Waals surface area contributed by atoms with Gasteiger partial charge in [0.15, 0.2) is 11.5 Å². The van der Waals surface area contributed by atoms with Crippen LogP contribution in [0.5, 0.6) is 11.5 Å². The smallest absolute Gasteiger partial charge is 0.231 e. The minimum Gasteiger partial charge on any atom is -0.454 e. The van der Waals surface area contributed by atoms with Gasteiger partial charge in [-0.15, -0.1) is 0 Å². The standard InChI is InChI=1S/C13H14N2O3/c1-8(16)6-15-13-10-5-12-11(17-7-18-12)4-9(10)2-3-14-13/h2-5,8,16H,6-7H2,1H3,(H,14,15). The Hall–Kier alpha value is -2.01. The number of aromatic nitrogens is 1. The molecule has 0 fully saturated rings. The summed E-state index contributed by atoms with van der Waals surface area (Å²) in [5, 5.41) is 14.4. The quantitative estimate of drug-likeness (QED) is 0.864. The van der Waals surface area contributed by atoms with Gasteiger partial charge < -0.3 is 19.9 Å². The lowest BCUT2D eigenvalue weighted by Gasteiger charge is -2.10. The number of fused-ring (bicyclic) bond motifs is 2. The molecule has 2 N–H and O–H groups in total. The number of hydrogen-bond acceptors (Lipinski definition) is 5. The van der Waals surface area contributed by atoms with Crippen molar-refractivity contribution in [3.05, 3.63) is 24.4 Å². The lowest BCUT2D eigenvalue weighted by atomic mass is 10.1. The number of nitrogens with zero attached hydrogens (tertiary/aromatic N) is 1. The van der Waals surface area contributed by atoms with Gasteiger partial charge in [-0.25, -0.2) is 4.98 Å². The molecule has 0 saturated heterocycles. The second-order valence-electron chi connectivity index (χ2n) is 4.32. The summed E-state index contributed by atoms with van der Waals surface area (Å²) < 4.78 is 10.7. The molecule has 2 aromatic rings. The number of aliphatic hydroxyl groups excluding tert-OH is 1. The van der Waals surface area contributed by atoms with Crippen molar-refractivity contribution < 1.29 is 14.6 Å². The summed E-state index contributed by atoms with van der Waals surface area (Å²) in [5.41, 5.74) is 0. The van der Waals surface area contributed by atoms with Crippen molar-refractivity contribution in [2.45, 2.75) is 13.0 Å². The van der Waals surface area contributed by atoms with Crippen LogP contribution in [-0.2, 0) is 0 Å². The van der Waals surface area contributed by atoms with E-state index in [1.165, 1.54) is 0 Å². The number of ether oxygens (including phenoxy) is 2. The van der Waals surface area contributed by atoms with Crippen molar-refractivity contribution in [1.82, 2.24) is 4.98 Å². The molecule has 18 heavy (non-hydrogen) atoms. The summed E-state index contributed by atoms with van der Waals surface area (Å²) in [5.74, 6) is 2.23. The summed E-state index contributed by atoms with van der Waals surface area (Å²) >= 11 is 0. The number of pyridine rings is 1. The third-order valence-corrected chi connectivity index (χ3v) is 2.82. The van der Waals surface area contributed by atoms with Crippen LogP contribution in [0.2, 0.25) is 0 Å². The van der Waals surface area contributed by atoms with E-state index >= 15 is 0 Å². The van der Waals surface area contributed by atoms with Crippen molar-refractivity contribution in [2.75, 3.05) is 18.7 Å². The van der Waals surface area contributed by atoms with Crippen LogP contribution < -0.4 is 14.8 Å². The predicted octanol–water partition coefficient (Wildman–Crippen LogP) is 1.76. The molecule has 0 spiro atoms. The molecule has 94 valence electrons. The van der Waals surface area contributed by atoms with Gasteiger partial charge in [0.25, 0.3) is 0 Å². The van der Waals surface area contributed by atoms with Gasteiger partial charge >= 0.3 is 0 Å². The third-order valence-electron chi connectivity index (χ3n) is 2.82. The van der Waals surface area contributed by atoms with Gasteiger partial charge in [0.2, 0.25) is 6.79 Å². The average molecular weight is 246 g/mol. The fraction of sp³-hybridized carbons (Fsp3) is 0.308. The Morgan fingerprint density at radius 3 is 2.94 bits per heavy atom. The molecule has 3 rings (SSSR count). The number of rotatable bonds is 3. The summed E-state index contributed by atoms with van der Waals surface area (Å²) in [7, 11) is 0. The summed E-state index contributed by atoms with van der Waals surface area (Å²) in [6.45, 7) is 2.45. The molecule has 5 nitrogen and oxygen atoms in total. The zero-order valence-electron chi connectivity index (χ0n) is 10.0. The first-order valence-corrected chi connectivity index (χ1v) is 5.84. The first-order chi connectivity index (χ1) is 8.74. The molecular weight excluding hydrogens is 232 g/mol. The maximum absolute atomic E-state index is 9.31. The van der Waals surface area contributed by atoms with Crippen LogP contribution in [0, 0.1) is 0 Å². The van der Waals surface area contributed by atoms with Gasteiger partial charge in [-0.2, -0.15) is 0 Å². The Labute approximate surface area is 104 Å². The molecule has 0 amide bonds. The fourth-order valence-electron chi connectivity index (χ4n) is 1.95. The second-order valence-corrected chi connectivity index (χ2v) is 4.32. The minimum atomic E-state index is -0.420. The molecular formula is C13H14N2O3. The van der Waals surface area contributed by atoms with Crippen LogP contribution in [0.4, 0.5) is 5.82 Å². The highest BCUT2D eigenvalue weighted by atomic mass is 16.7. The second kappa shape index (κ2) is 4.34. The van der Waals surface area contributed by atoms with Crippen molar-refractivity contribution in [3.63, 3.8) is 0 Å². The van der Waals surface area contributed by atoms with Crippen molar-refractivity contribution >= 4 is 16.6 Å². The highest BCUT2D eigenvalue weighted by Gasteiger charge is 2.15. The van der Waals surface area contributed by atoms with Gasteiger partial charge in [-0.3, -0.25) is 0 Å². The third kappa shape index (κ3) is 1.93. The highest BCUT2D eigenvalue weighted by molar-refractivity contribution is 5.94. The molecule has 1 aromatic heterocycles. The number of aliphatic hydroxyl groups is 1. The summed E-state index contributed by atoms with van der Waals surface area (Å²) in [4.78, 5) is 4.29. The van der Waals surface area contributed by atoms with E-state index in [1.54, 1.807) is 13.1 Å². The van der Waals surface area contributed by atoms with Crippen molar-refractivity contribution in [3.8, 4) is 11.5 Å². The van der Waals surface area contributed by atoms with Gasteiger partial charge in [-0.1, -0.05) is 0 Å². The lowest BCUT2D eigenvalue weighted by Crippen LogP contribution is -2.16. The van der Waals surface area contributed by atoms with Gasteiger partial charge in [0.05, 0.1) is 6.10 Å². The molecule has 2 heterocycles. The molecule has 1 aromatic carbocycles. The van der Waals surface area contributed by atoms with Crippen LogP contribution in [0.1, 0.15) is 6.92 Å². The SMILES string of the molecule is CC(O)CNc1nccc2cc3c(cc12)OCO3. The van der Waals surface area contributed by atoms with E-state index in [-0.39, 0.29) is 6.79 Å². The van der Waals surface area contributed by atoms with Gasteiger partial charge in [-0.05, 0) is 30.5 Å². The van der Waals surface area contributed by atoms with Crippen LogP contribution in [0.3, 0.4) is 0 Å². The summed E-state index contributed by atoms with van der Waals surface area (Å²) in [6, 6.07) is 5.77. The van der Waals surface area contributed by atoms with E-state index in [1.807, 2.05) is 18.2 Å². The molecule has 5 heteroatoms.